The molecular weight excluding hydrogens is 361 g/mol. The Morgan fingerprint density at radius 2 is 1.74 bits per heavy atom. The molecular formula is C13H12F5NO2S2. The van der Waals surface area contributed by atoms with Gasteiger partial charge in [0.05, 0.1) is 19.2 Å². The summed E-state index contributed by atoms with van der Waals surface area (Å²) in [5.41, 5.74) is 0.702. The second kappa shape index (κ2) is 4.91. The molecule has 2 rings (SSSR count). The predicted molar refractivity (Wildman–Crippen MR) is 79.4 cm³/mol. The molecule has 2 aromatic rings. The van der Waals surface area contributed by atoms with Crippen molar-refractivity contribution in [2.45, 2.75) is 18.2 Å². The number of halogens is 5. The highest BCUT2D eigenvalue weighted by Crippen LogP contribution is 3.02. The van der Waals surface area contributed by atoms with Crippen LogP contribution in [0, 0.1) is 6.92 Å². The molecule has 0 saturated carbocycles. The number of nitrogens with zero attached hydrogens (tertiary/aromatic N) is 1. The fourth-order valence-electron chi connectivity index (χ4n) is 1.78. The summed E-state index contributed by atoms with van der Waals surface area (Å²) in [6.45, 7) is 1.70. The van der Waals surface area contributed by atoms with Crippen molar-refractivity contribution < 1.29 is 29.0 Å². The molecule has 1 aromatic carbocycles. The van der Waals surface area contributed by atoms with Crippen molar-refractivity contribution >= 4 is 27.5 Å². The number of benzene rings is 1. The lowest BCUT2D eigenvalue weighted by Crippen LogP contribution is -2.06. The monoisotopic (exact) mass is 373 g/mol. The second-order valence-corrected chi connectivity index (χ2v) is 8.38. The van der Waals surface area contributed by atoms with Gasteiger partial charge in [0, 0.05) is 10.4 Å². The normalized spacial score (nSPS) is 14.9. The molecule has 0 fully saturated rings. The zero-order valence-electron chi connectivity index (χ0n) is 12.0. The summed E-state index contributed by atoms with van der Waals surface area (Å²) in [7, 11) is -8.45. The molecule has 0 spiro atoms. The minimum absolute atomic E-state index is 0.0671. The summed E-state index contributed by atoms with van der Waals surface area (Å²) in [5, 5.41) is 0.343. The Morgan fingerprint density at radius 3 is 2.22 bits per heavy atom. The van der Waals surface area contributed by atoms with E-state index in [4.69, 9.17) is 0 Å². The molecule has 0 atom stereocenters. The van der Waals surface area contributed by atoms with Gasteiger partial charge in [-0.3, -0.25) is 4.79 Å². The Balaban J connectivity index is 2.35. The average Bonchev–Trinajstić information content (AvgIpc) is 2.78. The van der Waals surface area contributed by atoms with Gasteiger partial charge in [-0.25, -0.2) is 4.98 Å². The molecule has 1 aromatic heterocycles. The molecule has 128 valence electrons. The number of aromatic nitrogens is 1. The van der Waals surface area contributed by atoms with Gasteiger partial charge >= 0.3 is 16.2 Å². The van der Waals surface area contributed by atoms with Crippen molar-refractivity contribution in [1.29, 1.82) is 0 Å². The van der Waals surface area contributed by atoms with Crippen LogP contribution >= 0.6 is 21.6 Å². The van der Waals surface area contributed by atoms with E-state index in [0.29, 0.717) is 27.7 Å². The molecule has 0 amide bonds. The van der Waals surface area contributed by atoms with Gasteiger partial charge in [-0.15, -0.1) is 11.3 Å². The lowest BCUT2D eigenvalue weighted by molar-refractivity contribution is -0.139. The van der Waals surface area contributed by atoms with Crippen molar-refractivity contribution in [3.05, 3.63) is 34.8 Å². The van der Waals surface area contributed by atoms with E-state index in [2.05, 4.69) is 9.72 Å². The van der Waals surface area contributed by atoms with E-state index in [9.17, 15) is 24.2 Å². The molecule has 1 heterocycles. The third-order valence-electron chi connectivity index (χ3n) is 2.98. The summed E-state index contributed by atoms with van der Waals surface area (Å²) in [4.78, 5) is 14.1. The minimum atomic E-state index is -9.67. The van der Waals surface area contributed by atoms with Crippen LogP contribution in [0.3, 0.4) is 0 Å². The van der Waals surface area contributed by atoms with E-state index in [1.165, 1.54) is 7.11 Å². The van der Waals surface area contributed by atoms with Crippen molar-refractivity contribution in [1.82, 2.24) is 4.98 Å². The van der Waals surface area contributed by atoms with Crippen LogP contribution in [0.15, 0.2) is 29.2 Å². The Morgan fingerprint density at radius 1 is 1.17 bits per heavy atom. The van der Waals surface area contributed by atoms with Gasteiger partial charge in [0.1, 0.15) is 9.90 Å². The highest BCUT2D eigenvalue weighted by Gasteiger charge is 2.65. The van der Waals surface area contributed by atoms with Crippen LogP contribution in [-0.2, 0) is 16.0 Å². The molecule has 10 heteroatoms. The van der Waals surface area contributed by atoms with E-state index in [1.807, 2.05) is 0 Å². The van der Waals surface area contributed by atoms with Crippen LogP contribution in [0.5, 0.6) is 0 Å². The molecule has 0 aliphatic rings. The van der Waals surface area contributed by atoms with Crippen LogP contribution in [0.25, 0.3) is 10.6 Å². The molecule has 0 radical (unpaired) electrons. The number of ether oxygens (including phenoxy) is 1. The third kappa shape index (κ3) is 4.20. The smallest absolute Gasteiger partial charge is 0.311 e. The maximum Gasteiger partial charge on any atom is 0.311 e. The van der Waals surface area contributed by atoms with Gasteiger partial charge in [-0.05, 0) is 19.1 Å². The van der Waals surface area contributed by atoms with Crippen LogP contribution in [-0.4, -0.2) is 18.1 Å². The van der Waals surface area contributed by atoms with Crippen molar-refractivity contribution in [2.75, 3.05) is 7.11 Å². The second-order valence-electron chi connectivity index (χ2n) is 4.77. The first-order valence-electron chi connectivity index (χ1n) is 6.18. The Bertz CT molecular complexity index is 753. The van der Waals surface area contributed by atoms with Gasteiger partial charge < -0.3 is 4.74 Å². The SMILES string of the molecule is COC(=O)Cc1nc(-c2ccc(S(F)(F)(F)(F)F)cc2)sc1C. The molecule has 0 saturated heterocycles. The van der Waals surface area contributed by atoms with Gasteiger partial charge in [-0.2, -0.15) is 0 Å². The molecule has 23 heavy (non-hydrogen) atoms. The zero-order valence-corrected chi connectivity index (χ0v) is 13.6. The van der Waals surface area contributed by atoms with Crippen molar-refractivity contribution in [3.8, 4) is 10.6 Å². The van der Waals surface area contributed by atoms with E-state index >= 15 is 0 Å². The molecule has 0 bridgehead atoms. The first-order valence-corrected chi connectivity index (χ1v) is 8.94. The topological polar surface area (TPSA) is 39.2 Å². The number of methoxy groups -OCH3 is 1. The lowest BCUT2D eigenvalue weighted by Gasteiger charge is -2.40. The maximum atomic E-state index is 12.7. The number of thiazole rings is 1. The molecule has 0 aliphatic carbocycles. The van der Waals surface area contributed by atoms with Gasteiger partial charge in [0.25, 0.3) is 0 Å². The third-order valence-corrected chi connectivity index (χ3v) is 5.20. The lowest BCUT2D eigenvalue weighted by atomic mass is 10.2. The highest BCUT2D eigenvalue weighted by molar-refractivity contribution is 8.45. The molecule has 0 N–H and O–H groups in total. The van der Waals surface area contributed by atoms with E-state index in [1.54, 1.807) is 6.92 Å². The van der Waals surface area contributed by atoms with E-state index in [0.717, 1.165) is 23.5 Å². The first-order chi connectivity index (χ1) is 10.3. The van der Waals surface area contributed by atoms with E-state index in [-0.39, 0.29) is 12.0 Å². The van der Waals surface area contributed by atoms with Crippen LogP contribution in [0.4, 0.5) is 19.4 Å². The quantitative estimate of drug-likeness (QED) is 0.525. The number of hydrogen-bond acceptors (Lipinski definition) is 4. The summed E-state index contributed by atoms with van der Waals surface area (Å²) in [6, 6.07) is 2.56. The summed E-state index contributed by atoms with van der Waals surface area (Å²) < 4.78 is 67.9. The van der Waals surface area contributed by atoms with Gasteiger partial charge in [0.2, 0.25) is 0 Å². The minimum Gasteiger partial charge on any atom is -0.469 e. The van der Waals surface area contributed by atoms with Crippen molar-refractivity contribution in [2.24, 2.45) is 0 Å². The molecule has 0 aliphatic heterocycles. The fourth-order valence-corrected chi connectivity index (χ4v) is 3.36. The largest absolute Gasteiger partial charge is 0.469 e. The number of aryl methyl sites for hydroxylation is 1. The molecule has 3 nitrogen and oxygen atoms in total. The number of esters is 1. The zero-order chi connectivity index (χ0) is 17.5. The fraction of sp³-hybridized carbons (Fsp3) is 0.231. The van der Waals surface area contributed by atoms with Crippen LogP contribution in [0.2, 0.25) is 0 Å². The average molecular weight is 373 g/mol. The summed E-state index contributed by atoms with van der Waals surface area (Å²) >= 11 is 1.15. The Labute approximate surface area is 132 Å². The molecule has 0 unspecified atom stereocenters. The standard InChI is InChI=1S/C13H12F5NO2S2/c1-8-11(7-12(20)21-2)19-13(22-8)9-3-5-10(6-4-9)23(14,15,16,17)18/h3-6H,7H2,1-2H3. The number of hydrogen-bond donors (Lipinski definition) is 0. The summed E-state index contributed by atoms with van der Waals surface area (Å²) in [6.07, 6.45) is -0.0671. The van der Waals surface area contributed by atoms with Crippen molar-refractivity contribution in [3.63, 3.8) is 0 Å². The maximum absolute atomic E-state index is 12.7. The van der Waals surface area contributed by atoms with E-state index < -0.39 is 21.1 Å². The predicted octanol–water partition coefficient (Wildman–Crippen LogP) is 5.49. The first kappa shape index (κ1) is 17.7. The number of rotatable bonds is 4. The van der Waals surface area contributed by atoms with Crippen LogP contribution < -0.4 is 0 Å². The Hall–Kier alpha value is -1.68. The van der Waals surface area contributed by atoms with Gasteiger partial charge in [-0.1, -0.05) is 31.6 Å². The van der Waals surface area contributed by atoms with Gasteiger partial charge in [0.15, 0.2) is 0 Å². The highest BCUT2D eigenvalue weighted by atomic mass is 32.5. The number of carbonyl (C=O) groups excluding carboxylic acids is 1. The Kier molecular flexibility index (Phi) is 3.77. The number of carbonyl (C=O) groups is 1. The summed E-state index contributed by atoms with van der Waals surface area (Å²) in [5.74, 6) is -0.499. The van der Waals surface area contributed by atoms with Crippen LogP contribution in [0.1, 0.15) is 10.6 Å².